The van der Waals surface area contributed by atoms with Crippen LogP contribution in [-0.4, -0.2) is 19.7 Å². The van der Waals surface area contributed by atoms with E-state index in [0.717, 1.165) is 18.3 Å². The van der Waals surface area contributed by atoms with Crippen LogP contribution in [0.25, 0.3) is 0 Å². The second kappa shape index (κ2) is 7.98. The van der Waals surface area contributed by atoms with Gasteiger partial charge in [0.15, 0.2) is 6.29 Å². The summed E-state index contributed by atoms with van der Waals surface area (Å²) in [5, 5.41) is 0. The molecular formula is C14H20O3. The van der Waals surface area contributed by atoms with Crippen LogP contribution >= 0.6 is 0 Å². The first-order valence-electron chi connectivity index (χ1n) is 5.88. The van der Waals surface area contributed by atoms with E-state index < -0.39 is 0 Å². The van der Waals surface area contributed by atoms with Gasteiger partial charge < -0.3 is 14.3 Å². The molecule has 2 atom stereocenters. The lowest BCUT2D eigenvalue weighted by molar-refractivity contribution is -0.141. The van der Waals surface area contributed by atoms with Gasteiger partial charge in [0.2, 0.25) is 0 Å². The molecule has 0 aliphatic heterocycles. The van der Waals surface area contributed by atoms with E-state index in [1.807, 2.05) is 37.3 Å². The summed E-state index contributed by atoms with van der Waals surface area (Å²) >= 11 is 0. The molecule has 0 bridgehead atoms. The lowest BCUT2D eigenvalue weighted by atomic mass is 10.0. The summed E-state index contributed by atoms with van der Waals surface area (Å²) in [5.74, 6) is 0.285. The molecular weight excluding hydrogens is 216 g/mol. The molecule has 1 aromatic carbocycles. The highest BCUT2D eigenvalue weighted by Crippen LogP contribution is 2.14. The molecule has 2 unspecified atom stereocenters. The zero-order chi connectivity index (χ0) is 12.5. The van der Waals surface area contributed by atoms with Crippen LogP contribution in [0.15, 0.2) is 30.3 Å². The zero-order valence-corrected chi connectivity index (χ0v) is 10.5. The van der Waals surface area contributed by atoms with E-state index in [4.69, 9.17) is 9.47 Å². The summed E-state index contributed by atoms with van der Waals surface area (Å²) < 4.78 is 10.9. The van der Waals surface area contributed by atoms with Crippen LogP contribution in [0.5, 0.6) is 0 Å². The van der Waals surface area contributed by atoms with Crippen molar-refractivity contribution < 1.29 is 14.3 Å². The Hall–Kier alpha value is -1.19. The van der Waals surface area contributed by atoms with Crippen LogP contribution < -0.4 is 0 Å². The van der Waals surface area contributed by atoms with Gasteiger partial charge in [0.1, 0.15) is 6.29 Å². The van der Waals surface area contributed by atoms with Crippen molar-refractivity contribution in [1.82, 2.24) is 0 Å². The summed E-state index contributed by atoms with van der Waals surface area (Å²) in [7, 11) is 1.63. The molecule has 0 amide bonds. The molecule has 0 aromatic heterocycles. The first-order chi connectivity index (χ1) is 8.26. The number of benzene rings is 1. The lowest BCUT2D eigenvalue weighted by Crippen LogP contribution is -2.18. The molecule has 0 spiro atoms. The Morgan fingerprint density at radius 3 is 2.59 bits per heavy atom. The van der Waals surface area contributed by atoms with Gasteiger partial charge in [-0.15, -0.1) is 0 Å². The normalized spacial score (nSPS) is 14.2. The molecule has 0 heterocycles. The zero-order valence-electron chi connectivity index (χ0n) is 10.5. The minimum atomic E-state index is -0.245. The molecule has 17 heavy (non-hydrogen) atoms. The molecule has 0 fully saturated rings. The Morgan fingerprint density at radius 1 is 1.29 bits per heavy atom. The Bertz CT molecular complexity index is 311. The number of hydrogen-bond donors (Lipinski definition) is 0. The van der Waals surface area contributed by atoms with Crippen molar-refractivity contribution in [2.75, 3.05) is 7.11 Å². The minimum Gasteiger partial charge on any atom is -0.356 e. The fraction of sp³-hybridized carbons (Fsp3) is 0.500. The maximum absolute atomic E-state index is 10.4. The Labute approximate surface area is 103 Å². The molecule has 3 nitrogen and oxygen atoms in total. The first kappa shape index (κ1) is 13.9. The molecule has 1 rings (SSSR count). The number of hydrogen-bond acceptors (Lipinski definition) is 3. The number of rotatable bonds is 8. The Morgan fingerprint density at radius 2 is 2.00 bits per heavy atom. The fourth-order valence-electron chi connectivity index (χ4n) is 1.58. The van der Waals surface area contributed by atoms with Gasteiger partial charge in [-0.2, -0.15) is 0 Å². The Balaban J connectivity index is 2.34. The maximum Gasteiger partial charge on any atom is 0.157 e. The molecule has 1 aromatic rings. The van der Waals surface area contributed by atoms with Crippen LogP contribution in [0.4, 0.5) is 0 Å². The van der Waals surface area contributed by atoms with Gasteiger partial charge in [0.05, 0.1) is 6.61 Å². The first-order valence-corrected chi connectivity index (χ1v) is 5.88. The fourth-order valence-corrected chi connectivity index (χ4v) is 1.58. The van der Waals surface area contributed by atoms with Gasteiger partial charge in [-0.25, -0.2) is 0 Å². The number of carbonyl (C=O) groups is 1. The van der Waals surface area contributed by atoms with Crippen molar-refractivity contribution in [2.45, 2.75) is 32.7 Å². The monoisotopic (exact) mass is 236 g/mol. The van der Waals surface area contributed by atoms with Gasteiger partial charge in [-0.05, 0) is 11.5 Å². The minimum absolute atomic E-state index is 0.245. The number of methoxy groups -OCH3 is 1. The van der Waals surface area contributed by atoms with E-state index in [0.29, 0.717) is 13.0 Å². The van der Waals surface area contributed by atoms with E-state index in [-0.39, 0.29) is 12.2 Å². The highest BCUT2D eigenvalue weighted by Gasteiger charge is 2.12. The average molecular weight is 236 g/mol. The summed E-state index contributed by atoms with van der Waals surface area (Å²) in [6, 6.07) is 9.97. The molecule has 0 N–H and O–H groups in total. The van der Waals surface area contributed by atoms with E-state index in [1.54, 1.807) is 7.11 Å². The van der Waals surface area contributed by atoms with Crippen LogP contribution in [-0.2, 0) is 20.9 Å². The van der Waals surface area contributed by atoms with Crippen molar-refractivity contribution in [3.05, 3.63) is 35.9 Å². The van der Waals surface area contributed by atoms with E-state index in [1.165, 1.54) is 0 Å². The summed E-state index contributed by atoms with van der Waals surface area (Å²) in [5.41, 5.74) is 1.12. The predicted octanol–water partition coefficient (Wildman–Crippen LogP) is 2.79. The van der Waals surface area contributed by atoms with Crippen LogP contribution in [0.3, 0.4) is 0 Å². The lowest BCUT2D eigenvalue weighted by Gasteiger charge is -2.19. The van der Waals surface area contributed by atoms with Crippen LogP contribution in [0.2, 0.25) is 0 Å². The molecule has 0 aliphatic rings. The van der Waals surface area contributed by atoms with Crippen LogP contribution in [0.1, 0.15) is 25.3 Å². The molecule has 0 aliphatic carbocycles. The summed E-state index contributed by atoms with van der Waals surface area (Å²) in [4.78, 5) is 10.4. The SMILES string of the molecule is COC(CC(C)CC=O)OCc1ccccc1. The summed E-state index contributed by atoms with van der Waals surface area (Å²) in [6.07, 6.45) is 1.98. The van der Waals surface area contributed by atoms with Gasteiger partial charge in [-0.1, -0.05) is 37.3 Å². The number of ether oxygens (including phenoxy) is 2. The third-order valence-electron chi connectivity index (χ3n) is 2.64. The largest absolute Gasteiger partial charge is 0.356 e. The second-order valence-corrected chi connectivity index (χ2v) is 4.21. The molecule has 3 heteroatoms. The van der Waals surface area contributed by atoms with Gasteiger partial charge >= 0.3 is 0 Å². The molecule has 0 saturated heterocycles. The van der Waals surface area contributed by atoms with E-state index in [9.17, 15) is 4.79 Å². The van der Waals surface area contributed by atoms with Crippen molar-refractivity contribution in [1.29, 1.82) is 0 Å². The van der Waals surface area contributed by atoms with Crippen LogP contribution in [0, 0.1) is 5.92 Å². The third kappa shape index (κ3) is 5.61. The van der Waals surface area contributed by atoms with Crippen molar-refractivity contribution in [3.8, 4) is 0 Å². The Kier molecular flexibility index (Phi) is 6.51. The topological polar surface area (TPSA) is 35.5 Å². The van der Waals surface area contributed by atoms with Crippen molar-refractivity contribution in [3.63, 3.8) is 0 Å². The van der Waals surface area contributed by atoms with E-state index in [2.05, 4.69) is 0 Å². The third-order valence-corrected chi connectivity index (χ3v) is 2.64. The molecule has 94 valence electrons. The van der Waals surface area contributed by atoms with Gasteiger partial charge in [0, 0.05) is 20.0 Å². The smallest absolute Gasteiger partial charge is 0.157 e. The predicted molar refractivity (Wildman–Crippen MR) is 66.5 cm³/mol. The average Bonchev–Trinajstić information content (AvgIpc) is 2.36. The highest BCUT2D eigenvalue weighted by molar-refractivity contribution is 5.49. The standard InChI is InChI=1S/C14H20O3/c1-12(8-9-15)10-14(16-2)17-11-13-6-4-3-5-7-13/h3-7,9,12,14H,8,10-11H2,1-2H3. The van der Waals surface area contributed by atoms with Crippen molar-refractivity contribution in [2.24, 2.45) is 5.92 Å². The maximum atomic E-state index is 10.4. The van der Waals surface area contributed by atoms with Crippen molar-refractivity contribution >= 4 is 6.29 Å². The van der Waals surface area contributed by atoms with Gasteiger partial charge in [-0.3, -0.25) is 0 Å². The number of aldehydes is 1. The van der Waals surface area contributed by atoms with Gasteiger partial charge in [0.25, 0.3) is 0 Å². The molecule has 0 saturated carbocycles. The highest BCUT2D eigenvalue weighted by atomic mass is 16.7. The van der Waals surface area contributed by atoms with E-state index >= 15 is 0 Å². The number of carbonyl (C=O) groups excluding carboxylic acids is 1. The quantitative estimate of drug-likeness (QED) is 0.514. The molecule has 0 radical (unpaired) electrons. The summed E-state index contributed by atoms with van der Waals surface area (Å²) in [6.45, 7) is 2.56. The second-order valence-electron chi connectivity index (χ2n) is 4.21.